The van der Waals surface area contributed by atoms with Crippen LogP contribution in [0.5, 0.6) is 0 Å². The molecule has 3 aliphatic heterocycles. The number of rotatable bonds is 1. The molecule has 112 valence electrons. The molecule has 0 bridgehead atoms. The zero-order valence-corrected chi connectivity index (χ0v) is 12.8. The molecule has 22 heavy (non-hydrogen) atoms. The minimum absolute atomic E-state index is 0.171. The number of nitrogens with one attached hydrogen (secondary N) is 1. The summed E-state index contributed by atoms with van der Waals surface area (Å²) in [5.74, 6) is 1.18. The van der Waals surface area contributed by atoms with Crippen molar-refractivity contribution >= 4 is 11.5 Å². The number of benzene rings is 1. The molecule has 1 saturated heterocycles. The number of carbonyl (C=O) groups excluding carboxylic acids is 1. The second-order valence-electron chi connectivity index (χ2n) is 6.17. The highest BCUT2D eigenvalue weighted by Crippen LogP contribution is 2.34. The summed E-state index contributed by atoms with van der Waals surface area (Å²) in [6.45, 7) is 5.16. The smallest absolute Gasteiger partial charge is 0.170 e. The third-order valence-electron chi connectivity index (χ3n) is 4.82. The average molecular weight is 293 g/mol. The van der Waals surface area contributed by atoms with Crippen LogP contribution in [0.25, 0.3) is 0 Å². The summed E-state index contributed by atoms with van der Waals surface area (Å²) in [5, 5.41) is 3.50. The second kappa shape index (κ2) is 4.83. The fourth-order valence-corrected chi connectivity index (χ4v) is 3.35. The monoisotopic (exact) mass is 293 g/mol. The minimum Gasteiger partial charge on any atom is -0.365 e. The van der Waals surface area contributed by atoms with Gasteiger partial charge in [0.1, 0.15) is 11.5 Å². The normalized spacial score (nSPS) is 27.0. The van der Waals surface area contributed by atoms with E-state index in [1.165, 1.54) is 0 Å². The summed E-state index contributed by atoms with van der Waals surface area (Å²) in [6, 6.07) is 10.7. The van der Waals surface area contributed by atoms with Gasteiger partial charge in [-0.2, -0.15) is 0 Å². The molecule has 4 heteroatoms. The highest BCUT2D eigenvalue weighted by molar-refractivity contribution is 6.20. The third kappa shape index (κ3) is 1.90. The lowest BCUT2D eigenvalue weighted by atomic mass is 9.93. The first-order valence-electron chi connectivity index (χ1n) is 7.79. The van der Waals surface area contributed by atoms with E-state index < -0.39 is 0 Å². The predicted octanol–water partition coefficient (Wildman–Crippen LogP) is 2.24. The van der Waals surface area contributed by atoms with E-state index in [9.17, 15) is 4.79 Å². The minimum atomic E-state index is 0.171. The van der Waals surface area contributed by atoms with Gasteiger partial charge in [-0.1, -0.05) is 36.4 Å². The van der Waals surface area contributed by atoms with Crippen molar-refractivity contribution in [1.29, 1.82) is 0 Å². The highest BCUT2D eigenvalue weighted by Gasteiger charge is 2.38. The third-order valence-corrected chi connectivity index (χ3v) is 4.82. The van der Waals surface area contributed by atoms with Crippen LogP contribution >= 0.6 is 0 Å². The number of fused-ring (bicyclic) bond motifs is 2. The molecule has 0 spiro atoms. The first kappa shape index (κ1) is 13.3. The second-order valence-corrected chi connectivity index (χ2v) is 6.17. The molecule has 2 atom stereocenters. The Bertz CT molecular complexity index is 730. The molecule has 1 aromatic carbocycles. The van der Waals surface area contributed by atoms with E-state index in [4.69, 9.17) is 4.99 Å². The Morgan fingerprint density at radius 1 is 1.23 bits per heavy atom. The number of nitrogens with zero attached hydrogens (tertiary/aromatic N) is 2. The van der Waals surface area contributed by atoms with Crippen LogP contribution in [0.4, 0.5) is 0 Å². The maximum Gasteiger partial charge on any atom is 0.170 e. The van der Waals surface area contributed by atoms with E-state index in [0.29, 0.717) is 18.5 Å². The van der Waals surface area contributed by atoms with Crippen molar-refractivity contribution < 1.29 is 4.79 Å². The highest BCUT2D eigenvalue weighted by atomic mass is 16.1. The van der Waals surface area contributed by atoms with Crippen molar-refractivity contribution in [2.75, 3.05) is 6.54 Å². The fraction of sp³-hybridized carbons (Fsp3) is 0.333. The number of Topliss-reactive ketones (excluding diaryl/α,β-unsaturated/α-hetero) is 1. The summed E-state index contributed by atoms with van der Waals surface area (Å²) in [7, 11) is 0. The number of hydrogen-bond acceptors (Lipinski definition) is 4. The molecular formula is C18H19N3O. The molecule has 0 saturated carbocycles. The van der Waals surface area contributed by atoms with Crippen LogP contribution in [0.3, 0.4) is 0 Å². The van der Waals surface area contributed by atoms with Crippen LogP contribution in [0.15, 0.2) is 58.5 Å². The van der Waals surface area contributed by atoms with Gasteiger partial charge in [-0.3, -0.25) is 4.79 Å². The molecule has 4 nitrogen and oxygen atoms in total. The Kier molecular flexibility index (Phi) is 2.93. The Hall–Kier alpha value is -2.36. The SMILES string of the molecule is CC1NC2=C3N=C(c4ccccc4)CC(=O)C3=CCN2C1C. The Balaban J connectivity index is 1.84. The standard InChI is InChI=1S/C18H19N3O/c1-11-12(2)21-9-8-14-16(22)10-15(13-6-4-3-5-7-13)20-17(14)18(21)19-11/h3-8,11-12,19H,9-10H2,1-2H3. The lowest BCUT2D eigenvalue weighted by Crippen LogP contribution is -2.34. The molecular weight excluding hydrogens is 274 g/mol. The summed E-state index contributed by atoms with van der Waals surface area (Å²) in [6.07, 6.45) is 2.42. The molecule has 0 radical (unpaired) electrons. The largest absolute Gasteiger partial charge is 0.365 e. The van der Waals surface area contributed by atoms with Gasteiger partial charge in [-0.15, -0.1) is 0 Å². The topological polar surface area (TPSA) is 44.7 Å². The molecule has 2 unspecified atom stereocenters. The number of ketones is 1. The zero-order valence-electron chi connectivity index (χ0n) is 12.8. The van der Waals surface area contributed by atoms with E-state index in [0.717, 1.165) is 34.9 Å². The summed E-state index contributed by atoms with van der Waals surface area (Å²) in [5.41, 5.74) is 3.48. The van der Waals surface area contributed by atoms with Crippen molar-refractivity contribution in [3.05, 3.63) is 59.1 Å². The van der Waals surface area contributed by atoms with Gasteiger partial charge in [0.25, 0.3) is 0 Å². The van der Waals surface area contributed by atoms with Crippen LogP contribution < -0.4 is 5.32 Å². The first-order valence-corrected chi connectivity index (χ1v) is 7.79. The molecule has 1 fully saturated rings. The summed E-state index contributed by atoms with van der Waals surface area (Å²) in [4.78, 5) is 19.7. The number of hydrogen-bond donors (Lipinski definition) is 1. The molecule has 0 aliphatic carbocycles. The van der Waals surface area contributed by atoms with Gasteiger partial charge in [0.2, 0.25) is 0 Å². The van der Waals surface area contributed by atoms with Crippen LogP contribution in [-0.2, 0) is 4.79 Å². The Morgan fingerprint density at radius 2 is 2.00 bits per heavy atom. The molecule has 4 rings (SSSR count). The van der Waals surface area contributed by atoms with Crippen LogP contribution in [-0.4, -0.2) is 35.0 Å². The summed E-state index contributed by atoms with van der Waals surface area (Å²) < 4.78 is 0. The van der Waals surface area contributed by atoms with Crippen LogP contribution in [0.2, 0.25) is 0 Å². The van der Waals surface area contributed by atoms with Gasteiger partial charge >= 0.3 is 0 Å². The Labute approximate surface area is 130 Å². The van der Waals surface area contributed by atoms with E-state index in [1.54, 1.807) is 0 Å². The van der Waals surface area contributed by atoms with Gasteiger partial charge in [0.05, 0.1) is 12.1 Å². The van der Waals surface area contributed by atoms with Crippen LogP contribution in [0, 0.1) is 0 Å². The van der Waals surface area contributed by atoms with Gasteiger partial charge < -0.3 is 10.2 Å². The number of aliphatic imine (C=N–C) groups is 1. The molecule has 0 amide bonds. The lowest BCUT2D eigenvalue weighted by molar-refractivity contribution is -0.114. The predicted molar refractivity (Wildman–Crippen MR) is 86.5 cm³/mol. The average Bonchev–Trinajstić information content (AvgIpc) is 2.84. The number of carbonyl (C=O) groups is 1. The molecule has 3 aliphatic rings. The van der Waals surface area contributed by atoms with Crippen molar-refractivity contribution in [3.63, 3.8) is 0 Å². The van der Waals surface area contributed by atoms with Gasteiger partial charge in [-0.05, 0) is 19.4 Å². The summed E-state index contributed by atoms with van der Waals surface area (Å²) >= 11 is 0. The van der Waals surface area contributed by atoms with E-state index in [2.05, 4.69) is 24.1 Å². The number of allylic oxidation sites excluding steroid dienone is 1. The van der Waals surface area contributed by atoms with E-state index in [-0.39, 0.29) is 5.78 Å². The van der Waals surface area contributed by atoms with E-state index >= 15 is 0 Å². The molecule has 1 aromatic rings. The Morgan fingerprint density at radius 3 is 2.77 bits per heavy atom. The fourth-order valence-electron chi connectivity index (χ4n) is 3.35. The van der Waals surface area contributed by atoms with Crippen molar-refractivity contribution in [2.24, 2.45) is 4.99 Å². The van der Waals surface area contributed by atoms with Crippen LogP contribution in [0.1, 0.15) is 25.8 Å². The lowest BCUT2D eigenvalue weighted by Gasteiger charge is -2.30. The maximum absolute atomic E-state index is 12.5. The van der Waals surface area contributed by atoms with E-state index in [1.807, 2.05) is 36.4 Å². The van der Waals surface area contributed by atoms with Gasteiger partial charge in [0, 0.05) is 24.2 Å². The first-order chi connectivity index (χ1) is 10.6. The molecule has 1 N–H and O–H groups in total. The molecule has 3 heterocycles. The van der Waals surface area contributed by atoms with Gasteiger partial charge in [0.15, 0.2) is 5.78 Å². The van der Waals surface area contributed by atoms with Gasteiger partial charge in [-0.25, -0.2) is 4.99 Å². The molecule has 0 aromatic heterocycles. The van der Waals surface area contributed by atoms with Crippen molar-refractivity contribution in [2.45, 2.75) is 32.4 Å². The van der Waals surface area contributed by atoms with Crippen molar-refractivity contribution in [3.8, 4) is 0 Å². The zero-order chi connectivity index (χ0) is 15.3. The quantitative estimate of drug-likeness (QED) is 0.863. The maximum atomic E-state index is 12.5. The van der Waals surface area contributed by atoms with Crippen molar-refractivity contribution in [1.82, 2.24) is 10.2 Å².